The molecule has 0 fully saturated rings. The number of aromatic nitrogens is 2. The minimum absolute atomic E-state index is 0.229. The van der Waals surface area contributed by atoms with Gasteiger partial charge in [-0.05, 0) is 47.7 Å². The van der Waals surface area contributed by atoms with E-state index in [4.69, 9.17) is 0 Å². The number of rotatable bonds is 3. The van der Waals surface area contributed by atoms with Gasteiger partial charge >= 0.3 is 0 Å². The monoisotopic (exact) mass is 381 g/mol. The van der Waals surface area contributed by atoms with E-state index in [1.165, 1.54) is 4.90 Å². The van der Waals surface area contributed by atoms with Gasteiger partial charge in [0.2, 0.25) is 0 Å². The van der Waals surface area contributed by atoms with Crippen molar-refractivity contribution in [1.82, 2.24) is 14.7 Å². The lowest BCUT2D eigenvalue weighted by molar-refractivity contribution is 0.0642. The van der Waals surface area contributed by atoms with Crippen molar-refractivity contribution in [3.63, 3.8) is 0 Å². The van der Waals surface area contributed by atoms with E-state index in [-0.39, 0.29) is 18.4 Å². The van der Waals surface area contributed by atoms with Gasteiger partial charge in [-0.15, -0.1) is 0 Å². The third kappa shape index (κ3) is 2.13. The van der Waals surface area contributed by atoms with E-state index in [9.17, 15) is 9.59 Å². The first-order chi connectivity index (χ1) is 9.60. The first-order valence-corrected chi connectivity index (χ1v) is 7.35. The molecule has 0 atom stereocenters. The molecule has 5 nitrogen and oxygen atoms in total. The summed E-state index contributed by atoms with van der Waals surface area (Å²) in [5, 5.41) is 4.16. The molecule has 0 radical (unpaired) electrons. The van der Waals surface area contributed by atoms with Gasteiger partial charge < -0.3 is 0 Å². The maximum atomic E-state index is 12.3. The summed E-state index contributed by atoms with van der Waals surface area (Å²) in [6, 6.07) is 5.31. The molecular weight excluding hydrogens is 369 g/mol. The highest BCUT2D eigenvalue weighted by molar-refractivity contribution is 14.1. The molecule has 102 valence electrons. The van der Waals surface area contributed by atoms with Crippen LogP contribution in [0.5, 0.6) is 0 Å². The Balaban J connectivity index is 1.89. The normalized spacial score (nSPS) is 14.0. The van der Waals surface area contributed by atoms with Gasteiger partial charge in [0, 0.05) is 21.9 Å². The standard InChI is InChI=1S/C14H12IN3O2/c1-2-17-7-9(6-16-17)8-18-13(19)11-4-3-10(15)5-12(11)14(18)20/h3-7H,2,8H2,1H3. The summed E-state index contributed by atoms with van der Waals surface area (Å²) in [7, 11) is 0. The fourth-order valence-electron chi connectivity index (χ4n) is 2.25. The van der Waals surface area contributed by atoms with Gasteiger partial charge in [0.15, 0.2) is 0 Å². The summed E-state index contributed by atoms with van der Waals surface area (Å²) in [6.45, 7) is 3.02. The third-order valence-corrected chi connectivity index (χ3v) is 3.96. The molecule has 0 aliphatic carbocycles. The largest absolute Gasteiger partial charge is 0.273 e. The van der Waals surface area contributed by atoms with E-state index < -0.39 is 0 Å². The number of aryl methyl sites for hydroxylation is 1. The Morgan fingerprint density at radius 1 is 1.20 bits per heavy atom. The fourth-order valence-corrected chi connectivity index (χ4v) is 2.74. The van der Waals surface area contributed by atoms with E-state index in [0.29, 0.717) is 11.1 Å². The minimum atomic E-state index is -0.231. The number of nitrogens with zero attached hydrogens (tertiary/aromatic N) is 3. The molecule has 0 bridgehead atoms. The molecule has 1 aliphatic rings. The Hall–Kier alpha value is -1.70. The molecule has 6 heteroatoms. The average molecular weight is 381 g/mol. The molecule has 2 heterocycles. The molecule has 0 saturated heterocycles. The molecular formula is C14H12IN3O2. The number of carbonyl (C=O) groups excluding carboxylic acids is 2. The summed E-state index contributed by atoms with van der Waals surface area (Å²) in [5.74, 6) is -0.460. The van der Waals surface area contributed by atoms with Crippen LogP contribution in [0.4, 0.5) is 0 Å². The number of imide groups is 1. The lowest BCUT2D eigenvalue weighted by Gasteiger charge is -2.11. The molecule has 2 aromatic rings. The number of carbonyl (C=O) groups is 2. The van der Waals surface area contributed by atoms with Crippen molar-refractivity contribution < 1.29 is 9.59 Å². The molecule has 1 aliphatic heterocycles. The van der Waals surface area contributed by atoms with Gasteiger partial charge in [0.05, 0.1) is 23.9 Å². The second-order valence-electron chi connectivity index (χ2n) is 4.59. The Bertz CT molecular complexity index is 708. The van der Waals surface area contributed by atoms with Gasteiger partial charge in [0.1, 0.15) is 0 Å². The zero-order valence-electron chi connectivity index (χ0n) is 10.8. The number of fused-ring (bicyclic) bond motifs is 1. The van der Waals surface area contributed by atoms with E-state index in [1.54, 1.807) is 23.0 Å². The summed E-state index contributed by atoms with van der Waals surface area (Å²) < 4.78 is 2.72. The van der Waals surface area contributed by atoms with Crippen molar-refractivity contribution in [2.45, 2.75) is 20.0 Å². The predicted octanol–water partition coefficient (Wildman–Crippen LogP) is 2.30. The summed E-state index contributed by atoms with van der Waals surface area (Å²) in [6.07, 6.45) is 3.55. The van der Waals surface area contributed by atoms with Crippen molar-refractivity contribution in [2.75, 3.05) is 0 Å². The SMILES string of the molecule is CCn1cc(CN2C(=O)c3ccc(I)cc3C2=O)cn1. The van der Waals surface area contributed by atoms with Crippen LogP contribution in [0.3, 0.4) is 0 Å². The molecule has 1 aromatic carbocycles. The second-order valence-corrected chi connectivity index (χ2v) is 5.84. The van der Waals surface area contributed by atoms with E-state index >= 15 is 0 Å². The first kappa shape index (κ1) is 13.3. The topological polar surface area (TPSA) is 55.2 Å². The van der Waals surface area contributed by atoms with Crippen molar-refractivity contribution in [3.8, 4) is 0 Å². The van der Waals surface area contributed by atoms with E-state index in [1.807, 2.05) is 19.2 Å². The smallest absolute Gasteiger partial charge is 0.261 e. The predicted molar refractivity (Wildman–Crippen MR) is 81.3 cm³/mol. The third-order valence-electron chi connectivity index (χ3n) is 3.28. The van der Waals surface area contributed by atoms with Gasteiger partial charge in [-0.2, -0.15) is 5.10 Å². The lowest BCUT2D eigenvalue weighted by atomic mass is 10.1. The average Bonchev–Trinajstić information content (AvgIpc) is 2.98. The van der Waals surface area contributed by atoms with Gasteiger partial charge in [-0.25, -0.2) is 0 Å². The van der Waals surface area contributed by atoms with Crippen LogP contribution in [0.2, 0.25) is 0 Å². The first-order valence-electron chi connectivity index (χ1n) is 6.27. The van der Waals surface area contributed by atoms with Crippen molar-refractivity contribution in [2.24, 2.45) is 0 Å². The fraction of sp³-hybridized carbons (Fsp3) is 0.214. The Labute approximate surface area is 129 Å². The zero-order chi connectivity index (χ0) is 14.3. The highest BCUT2D eigenvalue weighted by Gasteiger charge is 2.35. The molecule has 2 amide bonds. The van der Waals surface area contributed by atoms with Crippen LogP contribution >= 0.6 is 22.6 Å². The summed E-state index contributed by atoms with van der Waals surface area (Å²) >= 11 is 2.13. The minimum Gasteiger partial charge on any atom is -0.273 e. The van der Waals surface area contributed by atoms with Crippen LogP contribution in [-0.2, 0) is 13.1 Å². The van der Waals surface area contributed by atoms with Crippen LogP contribution in [0.25, 0.3) is 0 Å². The number of halogens is 1. The van der Waals surface area contributed by atoms with Crippen molar-refractivity contribution in [3.05, 3.63) is 50.9 Å². The van der Waals surface area contributed by atoms with E-state index in [2.05, 4.69) is 27.7 Å². The van der Waals surface area contributed by atoms with Crippen LogP contribution in [0.15, 0.2) is 30.6 Å². The van der Waals surface area contributed by atoms with Crippen LogP contribution in [-0.4, -0.2) is 26.5 Å². The maximum absolute atomic E-state index is 12.3. The second kappa shape index (κ2) is 5.01. The lowest BCUT2D eigenvalue weighted by Crippen LogP contribution is -2.28. The van der Waals surface area contributed by atoms with Gasteiger partial charge in [-0.1, -0.05) is 0 Å². The molecule has 0 unspecified atom stereocenters. The van der Waals surface area contributed by atoms with Gasteiger partial charge in [-0.3, -0.25) is 19.2 Å². The van der Waals surface area contributed by atoms with Crippen LogP contribution in [0.1, 0.15) is 33.2 Å². The molecule has 1 aromatic heterocycles. The number of benzene rings is 1. The maximum Gasteiger partial charge on any atom is 0.261 e. The Morgan fingerprint density at radius 3 is 2.65 bits per heavy atom. The summed E-state index contributed by atoms with van der Waals surface area (Å²) in [5.41, 5.74) is 1.83. The molecule has 3 rings (SSSR count). The Morgan fingerprint density at radius 2 is 1.95 bits per heavy atom. The Kier molecular flexibility index (Phi) is 3.33. The molecule has 0 N–H and O–H groups in total. The zero-order valence-corrected chi connectivity index (χ0v) is 13.0. The quantitative estimate of drug-likeness (QED) is 0.606. The van der Waals surface area contributed by atoms with Crippen LogP contribution < -0.4 is 0 Å². The number of hydrogen-bond acceptors (Lipinski definition) is 3. The molecule has 0 spiro atoms. The molecule has 0 saturated carbocycles. The van der Waals surface area contributed by atoms with E-state index in [0.717, 1.165) is 15.7 Å². The van der Waals surface area contributed by atoms with Crippen molar-refractivity contribution in [1.29, 1.82) is 0 Å². The summed E-state index contributed by atoms with van der Waals surface area (Å²) in [4.78, 5) is 25.9. The highest BCUT2D eigenvalue weighted by Crippen LogP contribution is 2.25. The number of hydrogen-bond donors (Lipinski definition) is 0. The van der Waals surface area contributed by atoms with Crippen LogP contribution in [0, 0.1) is 3.57 Å². The number of amides is 2. The molecule has 20 heavy (non-hydrogen) atoms. The van der Waals surface area contributed by atoms with Crippen molar-refractivity contribution >= 4 is 34.4 Å². The van der Waals surface area contributed by atoms with Gasteiger partial charge in [0.25, 0.3) is 11.8 Å². The highest BCUT2D eigenvalue weighted by atomic mass is 127.